The minimum atomic E-state index is -0.295. The number of halogens is 1. The number of thiocarbonyl (C=S) groups is 1. The Morgan fingerprint density at radius 2 is 1.86 bits per heavy atom. The molecular weight excluding hydrogens is 560 g/mol. The number of hydrogen-bond acceptors (Lipinski definition) is 6. The van der Waals surface area contributed by atoms with Gasteiger partial charge in [-0.3, -0.25) is 14.5 Å². The number of benzene rings is 3. The van der Waals surface area contributed by atoms with Crippen LogP contribution in [0.4, 0.5) is 11.4 Å². The van der Waals surface area contributed by atoms with Gasteiger partial charge in [-0.25, -0.2) is 0 Å². The Labute approximate surface area is 227 Å². The van der Waals surface area contributed by atoms with Gasteiger partial charge in [0, 0.05) is 5.69 Å². The van der Waals surface area contributed by atoms with Crippen molar-refractivity contribution in [3.05, 3.63) is 86.7 Å². The second kappa shape index (κ2) is 11.3. The molecule has 36 heavy (non-hydrogen) atoms. The highest BCUT2D eigenvalue weighted by Crippen LogP contribution is 2.40. The number of carbonyl (C=O) groups excluding carboxylic acids is 2. The largest absolute Gasteiger partial charge is 0.493 e. The van der Waals surface area contributed by atoms with E-state index < -0.39 is 0 Å². The number of nitrogens with zero attached hydrogens (tertiary/aromatic N) is 1. The summed E-state index contributed by atoms with van der Waals surface area (Å²) < 4.78 is 12.3. The van der Waals surface area contributed by atoms with Gasteiger partial charge in [0.05, 0.1) is 22.2 Å². The number of ether oxygens (including phenoxy) is 2. The van der Waals surface area contributed by atoms with E-state index in [0.717, 1.165) is 22.4 Å². The second-order valence-electron chi connectivity index (χ2n) is 8.04. The van der Waals surface area contributed by atoms with E-state index in [2.05, 4.69) is 21.2 Å². The van der Waals surface area contributed by atoms with Gasteiger partial charge in [-0.2, -0.15) is 0 Å². The van der Waals surface area contributed by atoms with Gasteiger partial charge in [0.2, 0.25) is 0 Å². The first-order chi connectivity index (χ1) is 17.3. The SMILES string of the molecule is COc1cc(/C=C2\SC(=S)N(c3ccccc3C)C2=O)cc(Br)c1OCC(=O)Nc1ccc(C)cc1. The molecule has 1 fully saturated rings. The molecule has 0 unspecified atom stereocenters. The number of methoxy groups -OCH3 is 1. The Morgan fingerprint density at radius 1 is 1.14 bits per heavy atom. The van der Waals surface area contributed by atoms with Crippen LogP contribution >= 0.6 is 39.9 Å². The summed E-state index contributed by atoms with van der Waals surface area (Å²) >= 11 is 10.2. The fourth-order valence-electron chi connectivity index (χ4n) is 3.58. The van der Waals surface area contributed by atoms with Gasteiger partial charge in [-0.05, 0) is 77.3 Å². The lowest BCUT2D eigenvalue weighted by Gasteiger charge is -2.16. The molecule has 0 aliphatic carbocycles. The Hall–Kier alpha value is -3.14. The van der Waals surface area contributed by atoms with E-state index in [1.807, 2.05) is 62.4 Å². The zero-order valence-corrected chi connectivity index (χ0v) is 23.1. The number of aryl methyl sites for hydroxylation is 2. The van der Waals surface area contributed by atoms with Crippen molar-refractivity contribution in [3.8, 4) is 11.5 Å². The molecule has 1 heterocycles. The number of nitrogens with one attached hydrogen (secondary N) is 1. The van der Waals surface area contributed by atoms with Crippen molar-refractivity contribution in [2.24, 2.45) is 0 Å². The number of rotatable bonds is 7. The Bertz CT molecular complexity index is 1370. The molecule has 0 bridgehead atoms. The molecule has 0 radical (unpaired) electrons. The first kappa shape index (κ1) is 25.9. The maximum atomic E-state index is 13.2. The van der Waals surface area contributed by atoms with E-state index in [0.29, 0.717) is 30.9 Å². The molecule has 0 spiro atoms. The van der Waals surface area contributed by atoms with E-state index >= 15 is 0 Å². The topological polar surface area (TPSA) is 67.9 Å². The second-order valence-corrected chi connectivity index (χ2v) is 10.6. The summed E-state index contributed by atoms with van der Waals surface area (Å²) in [6.07, 6.45) is 1.76. The molecule has 0 saturated carbocycles. The minimum Gasteiger partial charge on any atom is -0.493 e. The highest BCUT2D eigenvalue weighted by molar-refractivity contribution is 9.10. The zero-order chi connectivity index (χ0) is 25.8. The third-order valence-electron chi connectivity index (χ3n) is 5.38. The first-order valence-corrected chi connectivity index (χ1v) is 13.0. The summed E-state index contributed by atoms with van der Waals surface area (Å²) in [7, 11) is 1.52. The quantitative estimate of drug-likeness (QED) is 0.253. The van der Waals surface area contributed by atoms with Crippen LogP contribution in [-0.4, -0.2) is 29.9 Å². The number of amides is 2. The molecule has 9 heteroatoms. The van der Waals surface area contributed by atoms with Crippen LogP contribution in [0, 0.1) is 13.8 Å². The molecule has 3 aromatic rings. The molecule has 1 aliphatic rings. The van der Waals surface area contributed by atoms with Crippen LogP contribution in [-0.2, 0) is 9.59 Å². The summed E-state index contributed by atoms with van der Waals surface area (Å²) in [5, 5.41) is 2.80. The number of anilines is 2. The standard InChI is InChI=1S/C27H23BrN2O4S2/c1-16-8-10-19(11-9-16)29-24(31)15-34-25-20(28)12-18(13-22(25)33-3)14-23-26(32)30(27(35)36-23)21-7-5-4-6-17(21)2/h4-14H,15H2,1-3H3,(H,29,31)/b23-14-. The van der Waals surface area contributed by atoms with E-state index in [-0.39, 0.29) is 18.4 Å². The summed E-state index contributed by atoms with van der Waals surface area (Å²) in [5.41, 5.74) is 4.26. The van der Waals surface area contributed by atoms with Crippen molar-refractivity contribution in [1.82, 2.24) is 0 Å². The summed E-state index contributed by atoms with van der Waals surface area (Å²) in [6.45, 7) is 3.73. The van der Waals surface area contributed by atoms with Crippen LogP contribution in [0.25, 0.3) is 6.08 Å². The van der Waals surface area contributed by atoms with Crippen LogP contribution in [0.1, 0.15) is 16.7 Å². The van der Waals surface area contributed by atoms with Crippen LogP contribution in [0.2, 0.25) is 0 Å². The Kier molecular flexibility index (Phi) is 8.13. The van der Waals surface area contributed by atoms with Crippen molar-refractivity contribution >= 4 is 73.5 Å². The molecule has 1 N–H and O–H groups in total. The number of para-hydroxylation sites is 1. The first-order valence-electron chi connectivity index (χ1n) is 11.0. The smallest absolute Gasteiger partial charge is 0.270 e. The van der Waals surface area contributed by atoms with Gasteiger partial charge < -0.3 is 14.8 Å². The lowest BCUT2D eigenvalue weighted by atomic mass is 10.1. The molecule has 2 amide bonds. The van der Waals surface area contributed by atoms with Crippen molar-refractivity contribution in [2.75, 3.05) is 23.9 Å². The molecule has 0 aromatic heterocycles. The van der Waals surface area contributed by atoms with Crippen molar-refractivity contribution < 1.29 is 19.1 Å². The van der Waals surface area contributed by atoms with Crippen LogP contribution in [0.3, 0.4) is 0 Å². The van der Waals surface area contributed by atoms with Crippen LogP contribution in [0.5, 0.6) is 11.5 Å². The van der Waals surface area contributed by atoms with Gasteiger partial charge in [-0.15, -0.1) is 0 Å². The highest BCUT2D eigenvalue weighted by Gasteiger charge is 2.34. The zero-order valence-electron chi connectivity index (χ0n) is 19.8. The predicted octanol–water partition coefficient (Wildman–Crippen LogP) is 6.50. The third-order valence-corrected chi connectivity index (χ3v) is 7.27. The van der Waals surface area contributed by atoms with Crippen molar-refractivity contribution in [1.29, 1.82) is 0 Å². The molecule has 184 valence electrons. The lowest BCUT2D eigenvalue weighted by molar-refractivity contribution is -0.118. The molecule has 4 rings (SSSR count). The average Bonchev–Trinajstić information content (AvgIpc) is 3.12. The molecule has 3 aromatic carbocycles. The van der Waals surface area contributed by atoms with Gasteiger partial charge >= 0.3 is 0 Å². The molecule has 0 atom stereocenters. The number of thioether (sulfide) groups is 1. The van der Waals surface area contributed by atoms with E-state index in [4.69, 9.17) is 21.7 Å². The maximum Gasteiger partial charge on any atom is 0.270 e. The van der Waals surface area contributed by atoms with E-state index in [9.17, 15) is 9.59 Å². The summed E-state index contributed by atoms with van der Waals surface area (Å²) in [5.74, 6) is 0.341. The monoisotopic (exact) mass is 582 g/mol. The molecule has 6 nitrogen and oxygen atoms in total. The van der Waals surface area contributed by atoms with Gasteiger partial charge in [0.15, 0.2) is 22.4 Å². The fourth-order valence-corrected chi connectivity index (χ4v) is 5.44. The van der Waals surface area contributed by atoms with Gasteiger partial charge in [-0.1, -0.05) is 59.9 Å². The van der Waals surface area contributed by atoms with Crippen molar-refractivity contribution in [2.45, 2.75) is 13.8 Å². The van der Waals surface area contributed by atoms with Crippen LogP contribution in [0.15, 0.2) is 70.0 Å². The number of hydrogen-bond donors (Lipinski definition) is 1. The highest BCUT2D eigenvalue weighted by atomic mass is 79.9. The summed E-state index contributed by atoms with van der Waals surface area (Å²) in [4.78, 5) is 27.6. The van der Waals surface area contributed by atoms with E-state index in [1.165, 1.54) is 18.9 Å². The molecular formula is C27H23BrN2O4S2. The van der Waals surface area contributed by atoms with Crippen molar-refractivity contribution in [3.63, 3.8) is 0 Å². The van der Waals surface area contributed by atoms with E-state index in [1.54, 1.807) is 23.1 Å². The molecule has 1 saturated heterocycles. The Morgan fingerprint density at radius 3 is 2.56 bits per heavy atom. The third kappa shape index (κ3) is 5.80. The normalized spacial score (nSPS) is 14.3. The maximum absolute atomic E-state index is 13.2. The minimum absolute atomic E-state index is 0.178. The molecule has 1 aliphatic heterocycles. The van der Waals surface area contributed by atoms with Crippen LogP contribution < -0.4 is 19.7 Å². The lowest BCUT2D eigenvalue weighted by Crippen LogP contribution is -2.28. The average molecular weight is 584 g/mol. The van der Waals surface area contributed by atoms with Gasteiger partial charge in [0.1, 0.15) is 0 Å². The number of carbonyl (C=O) groups is 2. The summed E-state index contributed by atoms with van der Waals surface area (Å²) in [6, 6.07) is 18.7. The van der Waals surface area contributed by atoms with Gasteiger partial charge in [0.25, 0.3) is 11.8 Å². The Balaban J connectivity index is 1.50. The fraction of sp³-hybridized carbons (Fsp3) is 0.148. The predicted molar refractivity (Wildman–Crippen MR) is 153 cm³/mol.